The van der Waals surface area contributed by atoms with Gasteiger partial charge in [-0.25, -0.2) is 0 Å². The summed E-state index contributed by atoms with van der Waals surface area (Å²) in [7, 11) is 1.61. The Morgan fingerprint density at radius 1 is 1.29 bits per heavy atom. The summed E-state index contributed by atoms with van der Waals surface area (Å²) >= 11 is 0. The van der Waals surface area contributed by atoms with Gasteiger partial charge in [0.05, 0.1) is 12.0 Å². The summed E-state index contributed by atoms with van der Waals surface area (Å²) in [4.78, 5) is 14.0. The van der Waals surface area contributed by atoms with E-state index in [-0.39, 0.29) is 13.2 Å². The molecule has 1 heterocycles. The number of hydrogen-bond acceptors (Lipinski definition) is 5. The van der Waals surface area contributed by atoms with E-state index in [0.717, 1.165) is 30.8 Å². The average molecular weight is 337 g/mol. The molecule has 0 radical (unpaired) electrons. The fourth-order valence-corrected chi connectivity index (χ4v) is 3.26. The Labute approximate surface area is 143 Å². The molecule has 0 spiro atoms. The summed E-state index contributed by atoms with van der Waals surface area (Å²) in [6.45, 7) is 2.93. The van der Waals surface area contributed by atoms with E-state index in [1.165, 1.54) is 0 Å². The van der Waals surface area contributed by atoms with Gasteiger partial charge >= 0.3 is 5.97 Å². The van der Waals surface area contributed by atoms with Crippen LogP contribution in [0.25, 0.3) is 0 Å². The highest BCUT2D eigenvalue weighted by molar-refractivity contribution is 5.75. The first kappa shape index (κ1) is 18.7. The minimum absolute atomic E-state index is 0.00568. The Morgan fingerprint density at radius 3 is 2.67 bits per heavy atom. The standard InChI is InChI=1S/C18H27NO5/c1-23-11-8-18(17(21)22)7-2-9-19(14-18)13-15-3-5-16(6-4-15)24-12-10-20/h3-6,20H,2,7-14H2,1H3,(H,21,22)/t18-/m1/s1. The lowest BCUT2D eigenvalue weighted by Crippen LogP contribution is -2.48. The van der Waals surface area contributed by atoms with E-state index in [9.17, 15) is 9.90 Å². The van der Waals surface area contributed by atoms with Crippen molar-refractivity contribution >= 4 is 5.97 Å². The largest absolute Gasteiger partial charge is 0.491 e. The van der Waals surface area contributed by atoms with E-state index in [0.29, 0.717) is 26.0 Å². The monoisotopic (exact) mass is 337 g/mol. The van der Waals surface area contributed by atoms with E-state index in [4.69, 9.17) is 14.6 Å². The van der Waals surface area contributed by atoms with Gasteiger partial charge in [0, 0.05) is 26.8 Å². The third-order valence-electron chi connectivity index (χ3n) is 4.58. The molecule has 1 atom stereocenters. The average Bonchev–Trinajstić information content (AvgIpc) is 2.59. The van der Waals surface area contributed by atoms with E-state index in [1.807, 2.05) is 24.3 Å². The molecule has 1 saturated heterocycles. The Bertz CT molecular complexity index is 519. The molecule has 1 aromatic carbocycles. The second-order valence-corrected chi connectivity index (χ2v) is 6.36. The minimum Gasteiger partial charge on any atom is -0.491 e. The first-order valence-electron chi connectivity index (χ1n) is 8.37. The van der Waals surface area contributed by atoms with Gasteiger partial charge in [0.1, 0.15) is 12.4 Å². The Morgan fingerprint density at radius 2 is 2.04 bits per heavy atom. The first-order chi connectivity index (χ1) is 11.6. The molecular weight excluding hydrogens is 310 g/mol. The van der Waals surface area contributed by atoms with Crippen LogP contribution in [0.4, 0.5) is 0 Å². The van der Waals surface area contributed by atoms with Gasteiger partial charge in [-0.2, -0.15) is 0 Å². The van der Waals surface area contributed by atoms with Gasteiger partial charge in [-0.15, -0.1) is 0 Å². The topological polar surface area (TPSA) is 79.2 Å². The highest BCUT2D eigenvalue weighted by Gasteiger charge is 2.41. The molecule has 2 N–H and O–H groups in total. The van der Waals surface area contributed by atoms with Gasteiger partial charge in [0.2, 0.25) is 0 Å². The SMILES string of the molecule is COCC[C@]1(C(=O)O)CCCN(Cc2ccc(OCCO)cc2)C1. The number of carboxylic acids is 1. The molecule has 134 valence electrons. The lowest BCUT2D eigenvalue weighted by atomic mass is 9.77. The first-order valence-corrected chi connectivity index (χ1v) is 8.37. The summed E-state index contributed by atoms with van der Waals surface area (Å²) in [6.07, 6.45) is 2.13. The maximum atomic E-state index is 11.8. The Balaban J connectivity index is 1.97. The van der Waals surface area contributed by atoms with Gasteiger partial charge in [-0.05, 0) is 43.5 Å². The van der Waals surface area contributed by atoms with Gasteiger partial charge < -0.3 is 19.7 Å². The van der Waals surface area contributed by atoms with Crippen molar-refractivity contribution in [2.24, 2.45) is 5.41 Å². The number of rotatable bonds is 9. The number of hydrogen-bond donors (Lipinski definition) is 2. The lowest BCUT2D eigenvalue weighted by Gasteiger charge is -2.40. The summed E-state index contributed by atoms with van der Waals surface area (Å²) in [6, 6.07) is 7.73. The zero-order valence-corrected chi connectivity index (χ0v) is 14.2. The van der Waals surface area contributed by atoms with Gasteiger partial charge in [-0.3, -0.25) is 9.69 Å². The van der Waals surface area contributed by atoms with Crippen LogP contribution in [0.2, 0.25) is 0 Å². The van der Waals surface area contributed by atoms with Crippen LogP contribution in [-0.4, -0.2) is 61.1 Å². The molecule has 1 aliphatic rings. The number of piperidine rings is 1. The van der Waals surface area contributed by atoms with Crippen molar-refractivity contribution in [2.45, 2.75) is 25.8 Å². The molecule has 6 heteroatoms. The van der Waals surface area contributed by atoms with Gasteiger partial charge in [-0.1, -0.05) is 12.1 Å². The second kappa shape index (κ2) is 9.01. The number of likely N-dealkylation sites (tertiary alicyclic amines) is 1. The van der Waals surface area contributed by atoms with Crippen molar-refractivity contribution in [1.82, 2.24) is 4.90 Å². The second-order valence-electron chi connectivity index (χ2n) is 6.36. The zero-order chi connectivity index (χ0) is 17.4. The van der Waals surface area contributed by atoms with Crippen LogP contribution < -0.4 is 4.74 Å². The number of benzene rings is 1. The molecule has 1 aliphatic heterocycles. The Hall–Kier alpha value is -1.63. The number of aliphatic carboxylic acids is 1. The number of aliphatic hydroxyl groups excluding tert-OH is 1. The van der Waals surface area contributed by atoms with Crippen molar-refractivity contribution in [3.8, 4) is 5.75 Å². The fourth-order valence-electron chi connectivity index (χ4n) is 3.26. The molecule has 2 rings (SSSR count). The lowest BCUT2D eigenvalue weighted by molar-refractivity contribution is -0.154. The maximum absolute atomic E-state index is 11.8. The molecule has 0 bridgehead atoms. The summed E-state index contributed by atoms with van der Waals surface area (Å²) in [5, 5.41) is 18.5. The highest BCUT2D eigenvalue weighted by Crippen LogP contribution is 2.34. The number of carboxylic acid groups (broad SMARTS) is 1. The molecule has 1 fully saturated rings. The number of carbonyl (C=O) groups is 1. The van der Waals surface area contributed by atoms with E-state index >= 15 is 0 Å². The molecule has 0 saturated carbocycles. The van der Waals surface area contributed by atoms with Gasteiger partial charge in [0.15, 0.2) is 0 Å². The quantitative estimate of drug-likeness (QED) is 0.715. The van der Waals surface area contributed by atoms with Gasteiger partial charge in [0.25, 0.3) is 0 Å². The van der Waals surface area contributed by atoms with Crippen molar-refractivity contribution in [2.75, 3.05) is 40.0 Å². The molecule has 1 aromatic rings. The van der Waals surface area contributed by atoms with Crippen LogP contribution in [0.5, 0.6) is 5.75 Å². The van der Waals surface area contributed by atoms with Crippen LogP contribution in [0, 0.1) is 5.41 Å². The molecule has 24 heavy (non-hydrogen) atoms. The summed E-state index contributed by atoms with van der Waals surface area (Å²) in [5.41, 5.74) is 0.414. The van der Waals surface area contributed by atoms with E-state index < -0.39 is 11.4 Å². The predicted molar refractivity (Wildman–Crippen MR) is 90.1 cm³/mol. The van der Waals surface area contributed by atoms with Crippen molar-refractivity contribution in [3.05, 3.63) is 29.8 Å². The van der Waals surface area contributed by atoms with Crippen LogP contribution in [-0.2, 0) is 16.1 Å². The molecule has 6 nitrogen and oxygen atoms in total. The molecule has 0 amide bonds. The molecule has 0 unspecified atom stereocenters. The van der Waals surface area contributed by atoms with Crippen molar-refractivity contribution in [1.29, 1.82) is 0 Å². The van der Waals surface area contributed by atoms with E-state index in [2.05, 4.69) is 4.90 Å². The number of ether oxygens (including phenoxy) is 2. The van der Waals surface area contributed by atoms with Crippen LogP contribution in [0.15, 0.2) is 24.3 Å². The van der Waals surface area contributed by atoms with Crippen molar-refractivity contribution in [3.63, 3.8) is 0 Å². The molecular formula is C18H27NO5. The van der Waals surface area contributed by atoms with Crippen LogP contribution in [0.3, 0.4) is 0 Å². The number of nitrogens with zero attached hydrogens (tertiary/aromatic N) is 1. The number of methoxy groups -OCH3 is 1. The predicted octanol–water partition coefficient (Wildman–Crippen LogP) is 1.76. The zero-order valence-electron chi connectivity index (χ0n) is 14.2. The fraction of sp³-hybridized carbons (Fsp3) is 0.611. The third-order valence-corrected chi connectivity index (χ3v) is 4.58. The number of aliphatic hydroxyl groups is 1. The van der Waals surface area contributed by atoms with Crippen LogP contribution >= 0.6 is 0 Å². The highest BCUT2D eigenvalue weighted by atomic mass is 16.5. The Kier molecular flexibility index (Phi) is 7.02. The van der Waals surface area contributed by atoms with Crippen LogP contribution in [0.1, 0.15) is 24.8 Å². The third kappa shape index (κ3) is 4.93. The van der Waals surface area contributed by atoms with Crippen molar-refractivity contribution < 1.29 is 24.5 Å². The van der Waals surface area contributed by atoms with E-state index in [1.54, 1.807) is 7.11 Å². The summed E-state index contributed by atoms with van der Waals surface area (Å²) < 4.78 is 10.5. The maximum Gasteiger partial charge on any atom is 0.311 e. The minimum atomic E-state index is -0.725. The summed E-state index contributed by atoms with van der Waals surface area (Å²) in [5.74, 6) is 0.00317. The molecule has 0 aliphatic carbocycles. The normalized spacial score (nSPS) is 21.6. The molecule has 0 aromatic heterocycles. The smallest absolute Gasteiger partial charge is 0.311 e.